The highest BCUT2D eigenvalue weighted by Crippen LogP contribution is 2.28. The number of hydrogen-bond donors (Lipinski definition) is 3. The summed E-state index contributed by atoms with van der Waals surface area (Å²) in [7, 11) is 0. The number of fused-ring (bicyclic) bond motifs is 1. The Morgan fingerprint density at radius 2 is 1.93 bits per heavy atom. The Labute approximate surface area is 169 Å². The molecule has 0 radical (unpaired) electrons. The average Bonchev–Trinajstić information content (AvgIpc) is 3.33. The molecule has 28 heavy (non-hydrogen) atoms. The number of nitrogens with zero attached hydrogens (tertiary/aromatic N) is 2. The Hall–Kier alpha value is -3.10. The first-order chi connectivity index (χ1) is 13.7. The summed E-state index contributed by atoms with van der Waals surface area (Å²) in [6.45, 7) is 0. The number of aromatic nitrogens is 3. The minimum atomic E-state index is -0.318. The summed E-state index contributed by atoms with van der Waals surface area (Å²) in [4.78, 5) is 24.1. The summed E-state index contributed by atoms with van der Waals surface area (Å²) in [5, 5.41) is 4.72. The molecular formula is C20H17N5OS2. The Balaban J connectivity index is 1.34. The number of rotatable bonds is 6. The van der Waals surface area contributed by atoms with Crippen LogP contribution in [-0.4, -0.2) is 26.6 Å². The van der Waals surface area contributed by atoms with Gasteiger partial charge in [0, 0.05) is 28.5 Å². The topological polar surface area (TPSA) is 96.7 Å². The fraction of sp³-hybridized carbons (Fsp3) is 0.0500. The minimum Gasteiger partial charge on any atom is -0.401 e. The van der Waals surface area contributed by atoms with E-state index in [0.717, 1.165) is 26.6 Å². The first-order valence-electron chi connectivity index (χ1n) is 8.53. The number of para-hydroxylation sites is 2. The number of aromatic amines is 1. The summed E-state index contributed by atoms with van der Waals surface area (Å²) in [5.74, 6) is 0.562. The van der Waals surface area contributed by atoms with Crippen LogP contribution in [-0.2, 0) is 4.79 Å². The number of hydrogen-bond acceptors (Lipinski definition) is 6. The molecule has 6 nitrogen and oxygen atoms in total. The molecule has 2 aromatic heterocycles. The molecule has 0 fully saturated rings. The van der Waals surface area contributed by atoms with E-state index in [1.54, 1.807) is 11.3 Å². The number of imidazole rings is 1. The van der Waals surface area contributed by atoms with Gasteiger partial charge in [0.2, 0.25) is 5.95 Å². The van der Waals surface area contributed by atoms with Gasteiger partial charge in [0.25, 0.3) is 5.91 Å². The summed E-state index contributed by atoms with van der Waals surface area (Å²) in [5.41, 5.74) is 10.1. The molecule has 0 atom stereocenters. The van der Waals surface area contributed by atoms with E-state index in [1.165, 1.54) is 17.8 Å². The highest BCUT2D eigenvalue weighted by atomic mass is 32.2. The van der Waals surface area contributed by atoms with Gasteiger partial charge in [-0.05, 0) is 12.1 Å². The summed E-state index contributed by atoms with van der Waals surface area (Å²) >= 11 is 3.07. The number of carbonyl (C=O) groups excluding carboxylic acids is 1. The number of thioether (sulfide) groups is 1. The van der Waals surface area contributed by atoms with Crippen LogP contribution in [0.3, 0.4) is 0 Å². The minimum absolute atomic E-state index is 0.318. The predicted molar refractivity (Wildman–Crippen MR) is 115 cm³/mol. The lowest BCUT2D eigenvalue weighted by molar-refractivity contribution is -0.112. The second-order valence-electron chi connectivity index (χ2n) is 5.96. The molecule has 0 unspecified atom stereocenters. The zero-order valence-corrected chi connectivity index (χ0v) is 16.4. The number of carbonyl (C=O) groups is 1. The Kier molecular flexibility index (Phi) is 5.41. The van der Waals surface area contributed by atoms with Gasteiger partial charge in [-0.3, -0.25) is 10.1 Å². The maximum atomic E-state index is 12.2. The molecule has 4 aromatic rings. The second kappa shape index (κ2) is 8.28. The molecule has 0 aliphatic rings. The number of nitrogens with two attached hydrogens (primary N) is 1. The summed E-state index contributed by atoms with van der Waals surface area (Å²) < 4.78 is 0.910. The second-order valence-corrected chi connectivity index (χ2v) is 8.04. The molecule has 2 heterocycles. The summed E-state index contributed by atoms with van der Waals surface area (Å²) in [6, 6.07) is 17.6. The predicted octanol–water partition coefficient (Wildman–Crippen LogP) is 4.26. The van der Waals surface area contributed by atoms with E-state index < -0.39 is 0 Å². The third kappa shape index (κ3) is 4.41. The highest BCUT2D eigenvalue weighted by molar-refractivity contribution is 8.01. The van der Waals surface area contributed by atoms with Crippen molar-refractivity contribution in [3.8, 4) is 11.3 Å². The van der Waals surface area contributed by atoms with E-state index in [2.05, 4.69) is 20.3 Å². The fourth-order valence-corrected chi connectivity index (χ4v) is 4.27. The molecule has 0 bridgehead atoms. The zero-order chi connectivity index (χ0) is 19.3. The van der Waals surface area contributed by atoms with E-state index in [4.69, 9.17) is 5.73 Å². The zero-order valence-electron chi connectivity index (χ0n) is 14.8. The van der Waals surface area contributed by atoms with Gasteiger partial charge in [-0.2, -0.15) is 0 Å². The molecule has 2 aromatic carbocycles. The third-order valence-corrected chi connectivity index (χ3v) is 5.95. The number of thiazole rings is 1. The van der Waals surface area contributed by atoms with Crippen LogP contribution < -0.4 is 11.1 Å². The van der Waals surface area contributed by atoms with Gasteiger partial charge in [0.1, 0.15) is 0 Å². The fourth-order valence-electron chi connectivity index (χ4n) is 2.58. The number of nitrogens with one attached hydrogen (secondary N) is 2. The Morgan fingerprint density at radius 3 is 2.75 bits per heavy atom. The van der Waals surface area contributed by atoms with Crippen LogP contribution in [0.4, 0.5) is 5.95 Å². The molecule has 1 amide bonds. The van der Waals surface area contributed by atoms with Crippen LogP contribution >= 0.6 is 23.1 Å². The quantitative estimate of drug-likeness (QED) is 0.328. The largest absolute Gasteiger partial charge is 0.401 e. The van der Waals surface area contributed by atoms with Gasteiger partial charge < -0.3 is 10.7 Å². The van der Waals surface area contributed by atoms with Crippen molar-refractivity contribution in [2.45, 2.75) is 4.34 Å². The lowest BCUT2D eigenvalue weighted by atomic mass is 10.2. The van der Waals surface area contributed by atoms with Crippen LogP contribution in [0.25, 0.3) is 22.3 Å². The Bertz CT molecular complexity index is 1100. The van der Waals surface area contributed by atoms with Crippen molar-refractivity contribution in [1.82, 2.24) is 15.0 Å². The van der Waals surface area contributed by atoms with Crippen molar-refractivity contribution in [2.24, 2.45) is 5.73 Å². The first-order valence-corrected chi connectivity index (χ1v) is 10.4. The van der Waals surface area contributed by atoms with Crippen LogP contribution in [0.5, 0.6) is 0 Å². The van der Waals surface area contributed by atoms with Crippen molar-refractivity contribution in [2.75, 3.05) is 11.1 Å². The first kappa shape index (κ1) is 18.3. The van der Waals surface area contributed by atoms with E-state index in [0.29, 0.717) is 17.4 Å². The van der Waals surface area contributed by atoms with Gasteiger partial charge in [-0.1, -0.05) is 54.2 Å². The maximum Gasteiger partial charge on any atom is 0.252 e. The number of anilines is 1. The van der Waals surface area contributed by atoms with E-state index in [1.807, 2.05) is 60.0 Å². The monoisotopic (exact) mass is 407 g/mol. The van der Waals surface area contributed by atoms with Crippen molar-refractivity contribution in [3.05, 3.63) is 71.8 Å². The van der Waals surface area contributed by atoms with Crippen LogP contribution in [0.1, 0.15) is 0 Å². The van der Waals surface area contributed by atoms with E-state index in [-0.39, 0.29) is 5.91 Å². The van der Waals surface area contributed by atoms with Gasteiger partial charge in [0.05, 0.1) is 16.7 Å². The van der Waals surface area contributed by atoms with Crippen molar-refractivity contribution in [3.63, 3.8) is 0 Å². The summed E-state index contributed by atoms with van der Waals surface area (Å²) in [6.07, 6.45) is 1.38. The van der Waals surface area contributed by atoms with Crippen molar-refractivity contribution in [1.29, 1.82) is 0 Å². The molecule has 0 spiro atoms. The molecular weight excluding hydrogens is 390 g/mol. The standard InChI is InChI=1S/C20H17N5OS2/c21-14(10-18(26)25-19-22-15-8-4-5-9-16(15)23-19)11-27-20-24-17(12-28-20)13-6-2-1-3-7-13/h1-10,12H,11,21H2,(H2,22,23,25,26)/b14-10-. The van der Waals surface area contributed by atoms with Gasteiger partial charge in [0.15, 0.2) is 4.34 Å². The number of H-pyrrole nitrogens is 1. The molecule has 140 valence electrons. The van der Waals surface area contributed by atoms with Crippen LogP contribution in [0.15, 0.2) is 76.1 Å². The highest BCUT2D eigenvalue weighted by Gasteiger charge is 2.08. The molecule has 8 heteroatoms. The third-order valence-electron chi connectivity index (χ3n) is 3.86. The lowest BCUT2D eigenvalue weighted by Gasteiger charge is -2.00. The van der Waals surface area contributed by atoms with Crippen molar-refractivity contribution >= 4 is 46.0 Å². The molecule has 0 aliphatic carbocycles. The Morgan fingerprint density at radius 1 is 1.14 bits per heavy atom. The molecule has 4 N–H and O–H groups in total. The van der Waals surface area contributed by atoms with Gasteiger partial charge in [-0.25, -0.2) is 9.97 Å². The molecule has 0 aliphatic heterocycles. The molecule has 0 saturated carbocycles. The van der Waals surface area contributed by atoms with Crippen LogP contribution in [0, 0.1) is 0 Å². The van der Waals surface area contributed by atoms with E-state index in [9.17, 15) is 4.79 Å². The van der Waals surface area contributed by atoms with E-state index >= 15 is 0 Å². The van der Waals surface area contributed by atoms with Gasteiger partial charge >= 0.3 is 0 Å². The maximum absolute atomic E-state index is 12.2. The molecule has 0 saturated heterocycles. The normalized spacial score (nSPS) is 11.6. The average molecular weight is 408 g/mol. The lowest BCUT2D eigenvalue weighted by Crippen LogP contribution is -2.13. The smallest absolute Gasteiger partial charge is 0.252 e. The SMILES string of the molecule is N/C(=C\C(=O)Nc1nc2ccccc2[nH]1)CSc1nc(-c2ccccc2)cs1. The number of benzene rings is 2. The molecule has 4 rings (SSSR count). The van der Waals surface area contributed by atoms with Crippen LogP contribution in [0.2, 0.25) is 0 Å². The van der Waals surface area contributed by atoms with Crippen molar-refractivity contribution < 1.29 is 4.79 Å². The number of amides is 1. The van der Waals surface area contributed by atoms with Gasteiger partial charge in [-0.15, -0.1) is 11.3 Å².